The lowest BCUT2D eigenvalue weighted by Gasteiger charge is -2.42. The molecule has 3 heterocycles. The summed E-state index contributed by atoms with van der Waals surface area (Å²) in [7, 11) is 0. The van der Waals surface area contributed by atoms with Crippen molar-refractivity contribution in [2.24, 2.45) is 0 Å². The summed E-state index contributed by atoms with van der Waals surface area (Å²) >= 11 is 0. The standard InChI is InChI=1S/C22H35N3O/c1-2-13-24(14-3-1)16-17-26-21-7-4-6-20(18-21)19-25-15-5-8-22(25)9-11-23-12-10-22/h4,6-7,18,23H,1-3,5,8-17,19H2. The molecule has 4 nitrogen and oxygen atoms in total. The first-order chi connectivity index (χ1) is 12.8. The third-order valence-electron chi connectivity index (χ3n) is 6.67. The predicted molar refractivity (Wildman–Crippen MR) is 107 cm³/mol. The van der Waals surface area contributed by atoms with Gasteiger partial charge in [0.1, 0.15) is 12.4 Å². The summed E-state index contributed by atoms with van der Waals surface area (Å²) in [5.74, 6) is 1.04. The first-order valence-corrected chi connectivity index (χ1v) is 10.7. The molecule has 3 aliphatic rings. The third kappa shape index (κ3) is 4.41. The van der Waals surface area contributed by atoms with Crippen LogP contribution in [0.25, 0.3) is 0 Å². The van der Waals surface area contributed by atoms with Crippen molar-refractivity contribution in [2.45, 2.75) is 57.0 Å². The molecule has 1 spiro atoms. The van der Waals surface area contributed by atoms with Crippen LogP contribution < -0.4 is 10.1 Å². The summed E-state index contributed by atoms with van der Waals surface area (Å²) in [5, 5.41) is 3.53. The second-order valence-electron chi connectivity index (χ2n) is 8.40. The molecule has 0 unspecified atom stereocenters. The average molecular weight is 358 g/mol. The molecule has 4 heteroatoms. The van der Waals surface area contributed by atoms with Gasteiger partial charge in [-0.2, -0.15) is 0 Å². The lowest BCUT2D eigenvalue weighted by molar-refractivity contribution is 0.0927. The van der Waals surface area contributed by atoms with Gasteiger partial charge in [0.2, 0.25) is 0 Å². The van der Waals surface area contributed by atoms with Crippen LogP contribution >= 0.6 is 0 Å². The van der Waals surface area contributed by atoms with Gasteiger partial charge in [0.05, 0.1) is 0 Å². The van der Waals surface area contributed by atoms with Crippen LogP contribution in [0, 0.1) is 0 Å². The lowest BCUT2D eigenvalue weighted by atomic mass is 9.85. The highest BCUT2D eigenvalue weighted by atomic mass is 16.5. The van der Waals surface area contributed by atoms with Crippen molar-refractivity contribution in [3.63, 3.8) is 0 Å². The van der Waals surface area contributed by atoms with E-state index in [9.17, 15) is 0 Å². The van der Waals surface area contributed by atoms with E-state index in [4.69, 9.17) is 4.74 Å². The normalized spacial score (nSPS) is 24.2. The molecule has 26 heavy (non-hydrogen) atoms. The van der Waals surface area contributed by atoms with Gasteiger partial charge in [-0.15, -0.1) is 0 Å². The molecular weight excluding hydrogens is 322 g/mol. The van der Waals surface area contributed by atoms with Crippen LogP contribution in [-0.4, -0.2) is 61.2 Å². The Bertz CT molecular complexity index is 564. The van der Waals surface area contributed by atoms with E-state index in [0.29, 0.717) is 5.54 Å². The largest absolute Gasteiger partial charge is 0.492 e. The van der Waals surface area contributed by atoms with Gasteiger partial charge in [-0.25, -0.2) is 0 Å². The highest BCUT2D eigenvalue weighted by molar-refractivity contribution is 5.28. The first kappa shape index (κ1) is 18.3. The zero-order chi connectivity index (χ0) is 17.7. The Kier molecular flexibility index (Phi) is 6.13. The van der Waals surface area contributed by atoms with Crippen molar-refractivity contribution >= 4 is 0 Å². The zero-order valence-electron chi connectivity index (χ0n) is 16.2. The lowest BCUT2D eigenvalue weighted by Crippen LogP contribution is -2.50. The minimum Gasteiger partial charge on any atom is -0.492 e. The van der Waals surface area contributed by atoms with E-state index in [2.05, 4.69) is 39.4 Å². The molecule has 0 atom stereocenters. The Hall–Kier alpha value is -1.10. The quantitative estimate of drug-likeness (QED) is 0.846. The maximum absolute atomic E-state index is 6.08. The van der Waals surface area contributed by atoms with Crippen molar-refractivity contribution in [1.82, 2.24) is 15.1 Å². The predicted octanol–water partition coefficient (Wildman–Crippen LogP) is 3.27. The minimum absolute atomic E-state index is 0.455. The topological polar surface area (TPSA) is 27.7 Å². The monoisotopic (exact) mass is 357 g/mol. The van der Waals surface area contributed by atoms with Crippen LogP contribution in [0.15, 0.2) is 24.3 Å². The molecule has 0 bridgehead atoms. The van der Waals surface area contributed by atoms with Gasteiger partial charge in [-0.1, -0.05) is 18.6 Å². The van der Waals surface area contributed by atoms with E-state index < -0.39 is 0 Å². The highest BCUT2D eigenvalue weighted by Crippen LogP contribution is 2.37. The van der Waals surface area contributed by atoms with E-state index in [1.54, 1.807) is 0 Å². The van der Waals surface area contributed by atoms with Crippen molar-refractivity contribution in [1.29, 1.82) is 0 Å². The SMILES string of the molecule is c1cc(CN2CCCC23CCNCC3)cc(OCCN2CCCCC2)c1. The van der Waals surface area contributed by atoms with Crippen LogP contribution in [0.2, 0.25) is 0 Å². The molecular formula is C22H35N3O. The fourth-order valence-corrected chi connectivity index (χ4v) is 5.13. The number of nitrogens with zero attached hydrogens (tertiary/aromatic N) is 2. The molecule has 0 saturated carbocycles. The van der Waals surface area contributed by atoms with Gasteiger partial charge in [0.25, 0.3) is 0 Å². The van der Waals surface area contributed by atoms with E-state index in [1.165, 1.54) is 83.2 Å². The molecule has 144 valence electrons. The molecule has 3 saturated heterocycles. The Morgan fingerprint density at radius 1 is 0.962 bits per heavy atom. The molecule has 0 amide bonds. The van der Waals surface area contributed by atoms with Crippen LogP contribution in [-0.2, 0) is 6.54 Å². The fourth-order valence-electron chi connectivity index (χ4n) is 5.13. The summed E-state index contributed by atoms with van der Waals surface area (Å²) in [6.45, 7) is 9.04. The molecule has 3 fully saturated rings. The molecule has 4 rings (SSSR count). The summed E-state index contributed by atoms with van der Waals surface area (Å²) in [6.07, 6.45) is 9.43. The molecule has 3 aliphatic heterocycles. The second-order valence-corrected chi connectivity index (χ2v) is 8.40. The van der Waals surface area contributed by atoms with E-state index in [0.717, 1.165) is 25.4 Å². The Labute approximate surface area is 158 Å². The molecule has 0 aromatic heterocycles. The maximum atomic E-state index is 6.08. The van der Waals surface area contributed by atoms with Gasteiger partial charge in [-0.3, -0.25) is 9.80 Å². The Morgan fingerprint density at radius 2 is 1.81 bits per heavy atom. The number of ether oxygens (including phenoxy) is 1. The molecule has 0 aliphatic carbocycles. The van der Waals surface area contributed by atoms with Crippen LogP contribution in [0.3, 0.4) is 0 Å². The number of likely N-dealkylation sites (tertiary alicyclic amines) is 2. The zero-order valence-corrected chi connectivity index (χ0v) is 16.2. The molecule has 1 aromatic rings. The smallest absolute Gasteiger partial charge is 0.119 e. The average Bonchev–Trinajstić information content (AvgIpc) is 3.05. The van der Waals surface area contributed by atoms with Crippen LogP contribution in [0.1, 0.15) is 50.5 Å². The van der Waals surface area contributed by atoms with Crippen molar-refractivity contribution < 1.29 is 4.74 Å². The third-order valence-corrected chi connectivity index (χ3v) is 6.67. The van der Waals surface area contributed by atoms with Gasteiger partial charge >= 0.3 is 0 Å². The summed E-state index contributed by atoms with van der Waals surface area (Å²) in [6, 6.07) is 8.81. The number of hydrogen-bond acceptors (Lipinski definition) is 4. The minimum atomic E-state index is 0.455. The van der Waals surface area contributed by atoms with Gasteiger partial charge in [-0.05, 0) is 88.9 Å². The van der Waals surface area contributed by atoms with Crippen LogP contribution in [0.5, 0.6) is 5.75 Å². The number of benzene rings is 1. The van der Waals surface area contributed by atoms with Gasteiger partial charge < -0.3 is 10.1 Å². The fraction of sp³-hybridized carbons (Fsp3) is 0.727. The van der Waals surface area contributed by atoms with Crippen molar-refractivity contribution in [2.75, 3.05) is 45.9 Å². The molecule has 1 aromatic carbocycles. The van der Waals surface area contributed by atoms with E-state index in [1.807, 2.05) is 0 Å². The Morgan fingerprint density at radius 3 is 2.65 bits per heavy atom. The first-order valence-electron chi connectivity index (χ1n) is 10.7. The highest BCUT2D eigenvalue weighted by Gasteiger charge is 2.41. The van der Waals surface area contributed by atoms with Crippen LogP contribution in [0.4, 0.5) is 0 Å². The maximum Gasteiger partial charge on any atom is 0.119 e. The van der Waals surface area contributed by atoms with Gasteiger partial charge in [0, 0.05) is 18.6 Å². The summed E-state index contributed by atoms with van der Waals surface area (Å²) < 4.78 is 6.08. The summed E-state index contributed by atoms with van der Waals surface area (Å²) in [5.41, 5.74) is 1.86. The summed E-state index contributed by atoms with van der Waals surface area (Å²) in [4.78, 5) is 5.29. The van der Waals surface area contributed by atoms with Crippen molar-refractivity contribution in [3.05, 3.63) is 29.8 Å². The van der Waals surface area contributed by atoms with Crippen molar-refractivity contribution in [3.8, 4) is 5.75 Å². The Balaban J connectivity index is 1.30. The number of rotatable bonds is 6. The number of nitrogens with one attached hydrogen (secondary N) is 1. The number of hydrogen-bond donors (Lipinski definition) is 1. The number of piperidine rings is 2. The second kappa shape index (κ2) is 8.73. The molecule has 1 N–H and O–H groups in total. The van der Waals surface area contributed by atoms with E-state index >= 15 is 0 Å². The van der Waals surface area contributed by atoms with E-state index in [-0.39, 0.29) is 0 Å². The molecule has 0 radical (unpaired) electrons. The van der Waals surface area contributed by atoms with Gasteiger partial charge in [0.15, 0.2) is 0 Å².